The number of nitrogens with zero attached hydrogens (tertiary/aromatic N) is 1. The summed E-state index contributed by atoms with van der Waals surface area (Å²) in [5.41, 5.74) is 2.46. The van der Waals surface area contributed by atoms with Crippen LogP contribution < -0.4 is 14.8 Å². The van der Waals surface area contributed by atoms with Crippen LogP contribution >= 0.6 is 15.9 Å². The van der Waals surface area contributed by atoms with Gasteiger partial charge in [0.05, 0.1) is 16.1 Å². The molecule has 0 aliphatic carbocycles. The van der Waals surface area contributed by atoms with Crippen molar-refractivity contribution in [2.24, 2.45) is 0 Å². The number of carbonyl (C=O) groups excluding carboxylic acids is 1. The Kier molecular flexibility index (Phi) is 4.21. The highest BCUT2D eigenvalue weighted by molar-refractivity contribution is 9.10. The van der Waals surface area contributed by atoms with Crippen LogP contribution in [0.4, 0.5) is 5.69 Å². The van der Waals surface area contributed by atoms with Gasteiger partial charge >= 0.3 is 0 Å². The smallest absolute Gasteiger partial charge is 0.257 e. The first-order chi connectivity index (χ1) is 13.2. The number of rotatable bonds is 3. The molecule has 0 bridgehead atoms. The third kappa shape index (κ3) is 2.95. The van der Waals surface area contributed by atoms with Crippen molar-refractivity contribution in [2.75, 3.05) is 25.3 Å². The molecule has 0 unspecified atom stereocenters. The molecule has 0 radical (unpaired) electrons. The van der Waals surface area contributed by atoms with Gasteiger partial charge in [0.25, 0.3) is 5.91 Å². The van der Waals surface area contributed by atoms with E-state index in [1.807, 2.05) is 41.3 Å². The largest absolute Gasteiger partial charge is 0.454 e. The SMILES string of the molecule is O=C1c2ccccc2N[C@H](c2cc(Br)c3c(c2)OCO3)N1C[C@H]1CCCO1. The normalized spacial score (nSPS) is 23.3. The minimum atomic E-state index is -0.303. The lowest BCUT2D eigenvalue weighted by atomic mass is 10.0. The van der Waals surface area contributed by atoms with Crippen LogP contribution in [-0.2, 0) is 4.74 Å². The molecule has 6 nitrogen and oxygen atoms in total. The van der Waals surface area contributed by atoms with Crippen LogP contribution in [0.3, 0.4) is 0 Å². The van der Waals surface area contributed by atoms with E-state index in [2.05, 4.69) is 21.2 Å². The van der Waals surface area contributed by atoms with Gasteiger partial charge in [-0.3, -0.25) is 4.79 Å². The van der Waals surface area contributed by atoms with Crippen molar-refractivity contribution in [1.29, 1.82) is 0 Å². The molecule has 3 aliphatic heterocycles. The second-order valence-electron chi connectivity index (χ2n) is 6.92. The summed E-state index contributed by atoms with van der Waals surface area (Å²) in [5, 5.41) is 3.52. The fraction of sp³-hybridized carbons (Fsp3) is 0.350. The highest BCUT2D eigenvalue weighted by Crippen LogP contribution is 2.43. The quantitative estimate of drug-likeness (QED) is 0.799. The number of anilines is 1. The van der Waals surface area contributed by atoms with Crippen molar-refractivity contribution in [3.05, 3.63) is 52.0 Å². The molecule has 0 spiro atoms. The average molecular weight is 431 g/mol. The van der Waals surface area contributed by atoms with Crippen LogP contribution in [-0.4, -0.2) is 36.9 Å². The van der Waals surface area contributed by atoms with Crippen molar-refractivity contribution >= 4 is 27.5 Å². The molecule has 5 rings (SSSR count). The Balaban J connectivity index is 1.55. The van der Waals surface area contributed by atoms with Crippen molar-refractivity contribution in [2.45, 2.75) is 25.1 Å². The topological polar surface area (TPSA) is 60.0 Å². The molecule has 2 aromatic rings. The summed E-state index contributed by atoms with van der Waals surface area (Å²) in [6.45, 7) is 1.52. The molecular formula is C20H19BrN2O4. The van der Waals surface area contributed by atoms with Crippen molar-refractivity contribution in [3.8, 4) is 11.5 Å². The van der Waals surface area contributed by atoms with Crippen LogP contribution in [0, 0.1) is 0 Å². The lowest BCUT2D eigenvalue weighted by Gasteiger charge is -2.39. The fourth-order valence-electron chi connectivity index (χ4n) is 3.90. The van der Waals surface area contributed by atoms with Gasteiger partial charge in [-0.1, -0.05) is 12.1 Å². The number of benzene rings is 2. The number of para-hydroxylation sites is 1. The first kappa shape index (κ1) is 16.9. The maximum Gasteiger partial charge on any atom is 0.257 e. The molecule has 1 amide bonds. The summed E-state index contributed by atoms with van der Waals surface area (Å²) < 4.78 is 17.7. The second kappa shape index (κ2) is 6.73. The lowest BCUT2D eigenvalue weighted by molar-refractivity contribution is 0.0426. The first-order valence-electron chi connectivity index (χ1n) is 9.08. The minimum Gasteiger partial charge on any atom is -0.454 e. The summed E-state index contributed by atoms with van der Waals surface area (Å²) in [6.07, 6.45) is 1.78. The van der Waals surface area contributed by atoms with Crippen LogP contribution in [0.15, 0.2) is 40.9 Å². The molecule has 2 aromatic carbocycles. The average Bonchev–Trinajstić information content (AvgIpc) is 3.35. The predicted molar refractivity (Wildman–Crippen MR) is 103 cm³/mol. The highest BCUT2D eigenvalue weighted by Gasteiger charge is 2.36. The molecule has 1 saturated heterocycles. The standard InChI is InChI=1S/C20H19BrN2O4/c21-15-8-12(9-17-18(15)27-11-26-17)19-22-16-6-2-1-5-14(16)20(24)23(19)10-13-4-3-7-25-13/h1-2,5-6,8-9,13,19,22H,3-4,7,10-11H2/t13-,19+/m1/s1. The van der Waals surface area contributed by atoms with Gasteiger partial charge in [-0.05, 0) is 58.6 Å². The summed E-state index contributed by atoms with van der Waals surface area (Å²) in [4.78, 5) is 15.1. The van der Waals surface area contributed by atoms with E-state index in [1.54, 1.807) is 0 Å². The Morgan fingerprint density at radius 1 is 1.22 bits per heavy atom. The number of hydrogen-bond donors (Lipinski definition) is 1. The van der Waals surface area contributed by atoms with Crippen molar-refractivity contribution in [1.82, 2.24) is 4.90 Å². The zero-order valence-electron chi connectivity index (χ0n) is 14.6. The van der Waals surface area contributed by atoms with Crippen LogP contribution in [0.5, 0.6) is 11.5 Å². The fourth-order valence-corrected chi connectivity index (χ4v) is 4.47. The van der Waals surface area contributed by atoms with E-state index in [0.29, 0.717) is 23.6 Å². The summed E-state index contributed by atoms with van der Waals surface area (Å²) in [7, 11) is 0. The first-order valence-corrected chi connectivity index (χ1v) is 9.87. The highest BCUT2D eigenvalue weighted by atomic mass is 79.9. The Hall–Kier alpha value is -2.25. The lowest BCUT2D eigenvalue weighted by Crippen LogP contribution is -2.46. The Labute approximate surface area is 165 Å². The molecule has 0 saturated carbocycles. The van der Waals surface area contributed by atoms with Crippen molar-refractivity contribution < 1.29 is 19.0 Å². The number of amides is 1. The molecule has 3 heterocycles. The maximum atomic E-state index is 13.3. The van der Waals surface area contributed by atoms with Gasteiger partial charge in [0.2, 0.25) is 6.79 Å². The van der Waals surface area contributed by atoms with Crippen LogP contribution in [0.1, 0.15) is 34.9 Å². The van der Waals surface area contributed by atoms with E-state index >= 15 is 0 Å². The van der Waals surface area contributed by atoms with Gasteiger partial charge < -0.3 is 24.4 Å². The minimum absolute atomic E-state index is 0.0126. The number of ether oxygens (including phenoxy) is 3. The molecule has 1 fully saturated rings. The van der Waals surface area contributed by atoms with Gasteiger partial charge in [-0.25, -0.2) is 0 Å². The molecule has 1 N–H and O–H groups in total. The Bertz CT molecular complexity index is 898. The molecule has 3 aliphatic rings. The van der Waals surface area contributed by atoms with Gasteiger partial charge in [0, 0.05) is 18.8 Å². The number of nitrogens with one attached hydrogen (secondary N) is 1. The summed E-state index contributed by atoms with van der Waals surface area (Å²) >= 11 is 3.56. The zero-order chi connectivity index (χ0) is 18.4. The molecule has 27 heavy (non-hydrogen) atoms. The van der Waals surface area contributed by atoms with E-state index < -0.39 is 0 Å². The molecule has 7 heteroatoms. The van der Waals surface area contributed by atoms with Gasteiger partial charge in [-0.15, -0.1) is 0 Å². The van der Waals surface area contributed by atoms with E-state index in [1.165, 1.54) is 0 Å². The second-order valence-corrected chi connectivity index (χ2v) is 7.78. The third-order valence-electron chi connectivity index (χ3n) is 5.21. The zero-order valence-corrected chi connectivity index (χ0v) is 16.2. The third-order valence-corrected chi connectivity index (χ3v) is 5.80. The summed E-state index contributed by atoms with van der Waals surface area (Å²) in [5.74, 6) is 1.40. The van der Waals surface area contributed by atoms with Gasteiger partial charge in [0.15, 0.2) is 11.5 Å². The number of fused-ring (bicyclic) bond motifs is 2. The Morgan fingerprint density at radius 2 is 2.11 bits per heavy atom. The number of hydrogen-bond acceptors (Lipinski definition) is 5. The molecule has 0 aromatic heterocycles. The molecule has 2 atom stereocenters. The number of carbonyl (C=O) groups is 1. The predicted octanol–water partition coefficient (Wildman–Crippen LogP) is 3.92. The van der Waals surface area contributed by atoms with Crippen LogP contribution in [0.25, 0.3) is 0 Å². The van der Waals surface area contributed by atoms with Gasteiger partial charge in [0.1, 0.15) is 6.17 Å². The van der Waals surface area contributed by atoms with Gasteiger partial charge in [-0.2, -0.15) is 0 Å². The van der Waals surface area contributed by atoms with E-state index in [9.17, 15) is 4.79 Å². The van der Waals surface area contributed by atoms with E-state index in [4.69, 9.17) is 14.2 Å². The monoisotopic (exact) mass is 430 g/mol. The van der Waals surface area contributed by atoms with E-state index in [-0.39, 0.29) is 25.0 Å². The van der Waals surface area contributed by atoms with Crippen molar-refractivity contribution in [3.63, 3.8) is 0 Å². The van der Waals surface area contributed by atoms with E-state index in [0.717, 1.165) is 35.2 Å². The Morgan fingerprint density at radius 3 is 2.96 bits per heavy atom. The van der Waals surface area contributed by atoms with Crippen LogP contribution in [0.2, 0.25) is 0 Å². The summed E-state index contributed by atoms with van der Waals surface area (Å²) in [6, 6.07) is 11.5. The molecule has 140 valence electrons. The maximum absolute atomic E-state index is 13.3. The molecular weight excluding hydrogens is 412 g/mol. The number of halogens is 1.